The minimum Gasteiger partial charge on any atom is -0.456 e. The molecule has 0 atom stereocenters. The summed E-state index contributed by atoms with van der Waals surface area (Å²) in [5, 5.41) is 4.61. The third-order valence-corrected chi connectivity index (χ3v) is 2.43. The van der Waals surface area contributed by atoms with Crippen LogP contribution in [0.25, 0.3) is 0 Å². The van der Waals surface area contributed by atoms with E-state index < -0.39 is 30.3 Å². The van der Waals surface area contributed by atoms with Gasteiger partial charge in [0.2, 0.25) is 0 Å². The Kier molecular flexibility index (Phi) is 6.41. The molecular weight excluding hydrogens is 305 g/mol. The quantitative estimate of drug-likeness (QED) is 0.680. The fourth-order valence-corrected chi connectivity index (χ4v) is 1.44. The second kappa shape index (κ2) is 8.05. The first kappa shape index (κ1) is 16.7. The van der Waals surface area contributed by atoms with Crippen molar-refractivity contribution >= 4 is 35.2 Å². The number of anilines is 1. The Balaban J connectivity index is 2.33. The predicted molar refractivity (Wildman–Crippen MR) is 73.2 cm³/mol. The number of halogens is 2. The summed E-state index contributed by atoms with van der Waals surface area (Å²) in [6.45, 7) is -0.570. The van der Waals surface area contributed by atoms with Gasteiger partial charge in [-0.1, -0.05) is 11.6 Å². The van der Waals surface area contributed by atoms with Gasteiger partial charge in [0.05, 0.1) is 12.1 Å². The van der Waals surface area contributed by atoms with Crippen LogP contribution in [-0.2, 0) is 14.3 Å². The van der Waals surface area contributed by atoms with Crippen LogP contribution in [0, 0.1) is 5.82 Å². The Morgan fingerprint density at radius 3 is 2.67 bits per heavy atom. The summed E-state index contributed by atoms with van der Waals surface area (Å²) in [5.74, 6) is -2.10. The van der Waals surface area contributed by atoms with E-state index >= 15 is 0 Å². The lowest BCUT2D eigenvalue weighted by Gasteiger charge is -2.07. The predicted octanol–water partition coefficient (Wildman–Crippen LogP) is 1.02. The van der Waals surface area contributed by atoms with Gasteiger partial charge in [-0.2, -0.15) is 0 Å². The molecule has 0 heterocycles. The minimum atomic E-state index is -0.765. The van der Waals surface area contributed by atoms with Crippen molar-refractivity contribution in [2.24, 2.45) is 5.73 Å². The van der Waals surface area contributed by atoms with E-state index in [-0.39, 0.29) is 23.7 Å². The van der Waals surface area contributed by atoms with Crippen LogP contribution in [0.2, 0.25) is 5.02 Å². The number of benzene rings is 1. The number of hydrogen-bond donors (Lipinski definition) is 3. The van der Waals surface area contributed by atoms with E-state index in [1.807, 2.05) is 0 Å². The van der Waals surface area contributed by atoms with E-state index in [9.17, 15) is 18.8 Å². The fraction of sp³-hybridized carbons (Fsp3) is 0.250. The number of carbonyl (C=O) groups is 3. The Morgan fingerprint density at radius 2 is 2.05 bits per heavy atom. The lowest BCUT2D eigenvalue weighted by atomic mass is 10.3. The van der Waals surface area contributed by atoms with Gasteiger partial charge in [0, 0.05) is 11.6 Å². The minimum absolute atomic E-state index is 0.00159. The molecule has 0 saturated carbocycles. The average molecular weight is 318 g/mol. The van der Waals surface area contributed by atoms with Crippen LogP contribution in [-0.4, -0.2) is 31.1 Å². The van der Waals surface area contributed by atoms with Gasteiger partial charge in [-0.3, -0.25) is 9.59 Å². The summed E-state index contributed by atoms with van der Waals surface area (Å²) in [6, 6.07) is 2.97. The second-order valence-electron chi connectivity index (χ2n) is 3.87. The number of hydrogen-bond acceptors (Lipinski definition) is 4. The molecule has 4 N–H and O–H groups in total. The first-order valence-corrected chi connectivity index (χ1v) is 6.20. The molecule has 0 spiro atoms. The summed E-state index contributed by atoms with van der Waals surface area (Å²) < 4.78 is 18.0. The van der Waals surface area contributed by atoms with Crippen molar-refractivity contribution in [3.8, 4) is 0 Å². The van der Waals surface area contributed by atoms with Gasteiger partial charge < -0.3 is 21.1 Å². The average Bonchev–Trinajstić information content (AvgIpc) is 2.39. The first-order chi connectivity index (χ1) is 9.88. The van der Waals surface area contributed by atoms with E-state index in [1.165, 1.54) is 12.1 Å². The van der Waals surface area contributed by atoms with E-state index in [1.54, 1.807) is 0 Å². The zero-order valence-corrected chi connectivity index (χ0v) is 11.6. The van der Waals surface area contributed by atoms with E-state index in [0.717, 1.165) is 6.07 Å². The number of rotatable bonds is 6. The van der Waals surface area contributed by atoms with Crippen LogP contribution in [0.5, 0.6) is 0 Å². The van der Waals surface area contributed by atoms with Crippen LogP contribution in [0.3, 0.4) is 0 Å². The lowest BCUT2D eigenvalue weighted by molar-refractivity contribution is -0.147. The van der Waals surface area contributed by atoms with Crippen molar-refractivity contribution in [3.05, 3.63) is 29.0 Å². The van der Waals surface area contributed by atoms with Crippen LogP contribution in [0.1, 0.15) is 6.42 Å². The van der Waals surface area contributed by atoms with Crippen LogP contribution in [0.15, 0.2) is 18.2 Å². The Bertz CT molecular complexity index is 553. The van der Waals surface area contributed by atoms with Gasteiger partial charge in [-0.15, -0.1) is 0 Å². The van der Waals surface area contributed by atoms with Crippen molar-refractivity contribution < 1.29 is 23.5 Å². The molecule has 1 aromatic carbocycles. The van der Waals surface area contributed by atoms with Gasteiger partial charge in [0.25, 0.3) is 5.91 Å². The molecular formula is C12H13ClFN3O4. The molecule has 1 aromatic rings. The molecule has 0 aliphatic rings. The number of amides is 3. The zero-order valence-electron chi connectivity index (χ0n) is 10.8. The molecule has 0 saturated heterocycles. The molecule has 0 fully saturated rings. The highest BCUT2D eigenvalue weighted by Crippen LogP contribution is 2.18. The monoisotopic (exact) mass is 317 g/mol. The molecule has 0 unspecified atom stereocenters. The number of carbonyl (C=O) groups excluding carboxylic acids is 3. The largest absolute Gasteiger partial charge is 0.456 e. The smallest absolute Gasteiger partial charge is 0.312 e. The summed E-state index contributed by atoms with van der Waals surface area (Å²) in [7, 11) is 0. The SMILES string of the molecule is NC(=O)NCCC(=O)OCC(=O)Nc1ccc(Cl)cc1F. The number of urea groups is 1. The van der Waals surface area contributed by atoms with Crippen molar-refractivity contribution in [3.63, 3.8) is 0 Å². The number of nitrogens with two attached hydrogens (primary N) is 1. The molecule has 21 heavy (non-hydrogen) atoms. The molecule has 0 aliphatic carbocycles. The molecule has 7 nitrogen and oxygen atoms in total. The summed E-state index contributed by atoms with van der Waals surface area (Å²) in [5.41, 5.74) is 4.73. The van der Waals surface area contributed by atoms with E-state index in [2.05, 4.69) is 15.4 Å². The second-order valence-corrected chi connectivity index (χ2v) is 4.31. The Hall–Kier alpha value is -2.35. The standard InChI is InChI=1S/C12H13ClFN3O4/c13-7-1-2-9(8(14)5-7)17-10(18)6-21-11(19)3-4-16-12(15)20/h1-2,5H,3-4,6H2,(H,17,18)(H3,15,16,20). The third kappa shape index (κ3) is 6.57. The van der Waals surface area contributed by atoms with E-state index in [0.29, 0.717) is 0 Å². The zero-order chi connectivity index (χ0) is 15.8. The molecule has 0 aromatic heterocycles. The van der Waals surface area contributed by atoms with E-state index in [4.69, 9.17) is 17.3 Å². The number of esters is 1. The van der Waals surface area contributed by atoms with Crippen molar-refractivity contribution in [1.29, 1.82) is 0 Å². The van der Waals surface area contributed by atoms with Crippen LogP contribution >= 0.6 is 11.6 Å². The molecule has 0 bridgehead atoms. The van der Waals surface area contributed by atoms with Gasteiger partial charge in [0.15, 0.2) is 6.61 Å². The Labute approximate surface area is 124 Å². The Morgan fingerprint density at radius 1 is 1.33 bits per heavy atom. The normalized spacial score (nSPS) is 9.81. The summed E-state index contributed by atoms with van der Waals surface area (Å²) >= 11 is 5.57. The highest BCUT2D eigenvalue weighted by Gasteiger charge is 2.10. The maximum Gasteiger partial charge on any atom is 0.312 e. The van der Waals surface area contributed by atoms with Gasteiger partial charge >= 0.3 is 12.0 Å². The molecule has 0 aliphatic heterocycles. The molecule has 1 rings (SSSR count). The number of primary amides is 1. The van der Waals surface area contributed by atoms with Gasteiger partial charge in [0.1, 0.15) is 5.82 Å². The van der Waals surface area contributed by atoms with Crippen molar-refractivity contribution in [1.82, 2.24) is 5.32 Å². The highest BCUT2D eigenvalue weighted by molar-refractivity contribution is 6.30. The molecule has 9 heteroatoms. The highest BCUT2D eigenvalue weighted by atomic mass is 35.5. The number of nitrogens with one attached hydrogen (secondary N) is 2. The van der Waals surface area contributed by atoms with Gasteiger partial charge in [-0.25, -0.2) is 9.18 Å². The summed E-state index contributed by atoms with van der Waals surface area (Å²) in [4.78, 5) is 33.0. The fourth-order valence-electron chi connectivity index (χ4n) is 1.28. The van der Waals surface area contributed by atoms with Crippen molar-refractivity contribution in [2.75, 3.05) is 18.5 Å². The number of ether oxygens (including phenoxy) is 1. The molecule has 114 valence electrons. The van der Waals surface area contributed by atoms with Crippen LogP contribution < -0.4 is 16.4 Å². The topological polar surface area (TPSA) is 111 Å². The van der Waals surface area contributed by atoms with Crippen molar-refractivity contribution in [2.45, 2.75) is 6.42 Å². The first-order valence-electron chi connectivity index (χ1n) is 5.82. The third-order valence-electron chi connectivity index (χ3n) is 2.20. The van der Waals surface area contributed by atoms with Gasteiger partial charge in [-0.05, 0) is 18.2 Å². The molecule has 0 radical (unpaired) electrons. The van der Waals surface area contributed by atoms with Crippen LogP contribution in [0.4, 0.5) is 14.9 Å². The maximum atomic E-state index is 13.4. The summed E-state index contributed by atoms with van der Waals surface area (Å²) in [6.07, 6.45) is -0.133. The lowest BCUT2D eigenvalue weighted by Crippen LogP contribution is -2.31. The molecule has 3 amide bonds. The maximum absolute atomic E-state index is 13.4.